The molecule has 1 aliphatic carbocycles. The quantitative estimate of drug-likeness (QED) is 0.642. The van der Waals surface area contributed by atoms with Gasteiger partial charge in [-0.3, -0.25) is 14.9 Å². The molecule has 3 rings (SSSR count). The van der Waals surface area contributed by atoms with Crippen LogP contribution in [0, 0.1) is 10.1 Å². The SMILES string of the molecule is O=C(NC1CCCC1O)c1ccccc1Oc1ccc([N+](=O)[O-])cc1. The first-order chi connectivity index (χ1) is 12.0. The maximum absolute atomic E-state index is 12.5. The van der Waals surface area contributed by atoms with Gasteiger partial charge in [-0.2, -0.15) is 0 Å². The molecule has 0 saturated heterocycles. The molecule has 25 heavy (non-hydrogen) atoms. The van der Waals surface area contributed by atoms with Crippen LogP contribution in [-0.2, 0) is 0 Å². The summed E-state index contributed by atoms with van der Waals surface area (Å²) in [5.74, 6) is 0.427. The highest BCUT2D eigenvalue weighted by Crippen LogP contribution is 2.27. The van der Waals surface area contributed by atoms with Gasteiger partial charge in [0, 0.05) is 12.1 Å². The fourth-order valence-electron chi connectivity index (χ4n) is 2.86. The highest BCUT2D eigenvalue weighted by atomic mass is 16.6. The standard InChI is InChI=1S/C18H18N2O5/c21-16-6-3-5-15(16)19-18(22)14-4-1-2-7-17(14)25-13-10-8-12(9-11-13)20(23)24/h1-2,4,7-11,15-16,21H,3,5-6H2,(H,19,22). The molecular weight excluding hydrogens is 324 g/mol. The van der Waals surface area contributed by atoms with E-state index in [2.05, 4.69) is 5.32 Å². The molecule has 0 heterocycles. The maximum Gasteiger partial charge on any atom is 0.269 e. The van der Waals surface area contributed by atoms with Crippen molar-refractivity contribution in [1.29, 1.82) is 0 Å². The molecule has 1 amide bonds. The van der Waals surface area contributed by atoms with Crippen molar-refractivity contribution < 1.29 is 19.6 Å². The van der Waals surface area contributed by atoms with Gasteiger partial charge in [0.25, 0.3) is 11.6 Å². The van der Waals surface area contributed by atoms with E-state index in [1.165, 1.54) is 24.3 Å². The fourth-order valence-corrected chi connectivity index (χ4v) is 2.86. The van der Waals surface area contributed by atoms with Crippen molar-refractivity contribution >= 4 is 11.6 Å². The summed E-state index contributed by atoms with van der Waals surface area (Å²) >= 11 is 0. The molecule has 2 aromatic rings. The molecule has 0 bridgehead atoms. The van der Waals surface area contributed by atoms with Gasteiger partial charge in [-0.05, 0) is 43.5 Å². The summed E-state index contributed by atoms with van der Waals surface area (Å²) in [5.41, 5.74) is 0.313. The molecule has 1 saturated carbocycles. The van der Waals surface area contributed by atoms with Gasteiger partial charge in [-0.15, -0.1) is 0 Å². The maximum atomic E-state index is 12.5. The van der Waals surface area contributed by atoms with Crippen LogP contribution in [0.25, 0.3) is 0 Å². The summed E-state index contributed by atoms with van der Waals surface area (Å²) in [6.45, 7) is 0. The number of nitro benzene ring substituents is 1. The van der Waals surface area contributed by atoms with Gasteiger partial charge in [0.1, 0.15) is 11.5 Å². The Morgan fingerprint density at radius 1 is 1.16 bits per heavy atom. The Kier molecular flexibility index (Phi) is 4.95. The zero-order valence-corrected chi connectivity index (χ0v) is 13.4. The van der Waals surface area contributed by atoms with Gasteiger partial charge < -0.3 is 15.2 Å². The minimum atomic E-state index is -0.522. The van der Waals surface area contributed by atoms with Crippen LogP contribution < -0.4 is 10.1 Å². The van der Waals surface area contributed by atoms with Gasteiger partial charge in [0.2, 0.25) is 0 Å². The lowest BCUT2D eigenvalue weighted by molar-refractivity contribution is -0.384. The number of carbonyl (C=O) groups is 1. The highest BCUT2D eigenvalue weighted by Gasteiger charge is 2.27. The lowest BCUT2D eigenvalue weighted by atomic mass is 10.1. The Morgan fingerprint density at radius 3 is 2.52 bits per heavy atom. The highest BCUT2D eigenvalue weighted by molar-refractivity contribution is 5.97. The number of aliphatic hydroxyl groups is 1. The first kappa shape index (κ1) is 16.9. The van der Waals surface area contributed by atoms with Gasteiger partial charge in [-0.25, -0.2) is 0 Å². The second-order valence-electron chi connectivity index (χ2n) is 5.93. The van der Waals surface area contributed by atoms with E-state index in [1.807, 2.05) is 0 Å². The van der Waals surface area contributed by atoms with E-state index in [-0.39, 0.29) is 17.6 Å². The minimum absolute atomic E-state index is 0.0337. The number of ether oxygens (including phenoxy) is 1. The summed E-state index contributed by atoms with van der Waals surface area (Å²) in [6.07, 6.45) is 1.80. The normalized spacial score (nSPS) is 19.4. The molecule has 0 aliphatic heterocycles. The van der Waals surface area contributed by atoms with E-state index in [0.29, 0.717) is 23.5 Å². The molecule has 130 valence electrons. The number of nitro groups is 1. The number of carbonyl (C=O) groups excluding carboxylic acids is 1. The third-order valence-corrected chi connectivity index (χ3v) is 4.20. The molecule has 1 fully saturated rings. The third-order valence-electron chi connectivity index (χ3n) is 4.20. The Bertz CT molecular complexity index is 775. The van der Waals surface area contributed by atoms with Gasteiger partial charge in [0.05, 0.1) is 22.6 Å². The molecule has 2 atom stereocenters. The second kappa shape index (κ2) is 7.31. The molecule has 0 radical (unpaired) electrons. The lowest BCUT2D eigenvalue weighted by Gasteiger charge is -2.17. The Morgan fingerprint density at radius 2 is 1.88 bits per heavy atom. The van der Waals surface area contributed by atoms with Gasteiger partial charge in [-0.1, -0.05) is 12.1 Å². The molecular formula is C18H18N2O5. The van der Waals surface area contributed by atoms with Crippen LogP contribution in [0.15, 0.2) is 48.5 Å². The Hall–Kier alpha value is -2.93. The zero-order chi connectivity index (χ0) is 17.8. The van der Waals surface area contributed by atoms with Crippen LogP contribution in [0.3, 0.4) is 0 Å². The predicted octanol–water partition coefficient (Wildman–Crippen LogP) is 3.03. The number of para-hydroxylation sites is 1. The van der Waals surface area contributed by atoms with Crippen LogP contribution in [0.5, 0.6) is 11.5 Å². The minimum Gasteiger partial charge on any atom is -0.457 e. The van der Waals surface area contributed by atoms with Gasteiger partial charge >= 0.3 is 0 Å². The topological polar surface area (TPSA) is 102 Å². The zero-order valence-electron chi connectivity index (χ0n) is 13.4. The fraction of sp³-hybridized carbons (Fsp3) is 0.278. The van der Waals surface area contributed by atoms with Crippen molar-refractivity contribution in [2.45, 2.75) is 31.4 Å². The number of aliphatic hydroxyl groups excluding tert-OH is 1. The molecule has 0 aromatic heterocycles. The van der Waals surface area contributed by atoms with Crippen molar-refractivity contribution in [2.75, 3.05) is 0 Å². The van der Waals surface area contributed by atoms with Crippen molar-refractivity contribution in [3.63, 3.8) is 0 Å². The molecule has 0 spiro atoms. The number of hydrogen-bond acceptors (Lipinski definition) is 5. The molecule has 1 aliphatic rings. The number of hydrogen-bond donors (Lipinski definition) is 2. The first-order valence-corrected chi connectivity index (χ1v) is 8.05. The average molecular weight is 342 g/mol. The van der Waals surface area contributed by atoms with Crippen molar-refractivity contribution in [3.05, 3.63) is 64.2 Å². The summed E-state index contributed by atoms with van der Waals surface area (Å²) in [6, 6.07) is 12.1. The Labute approximate surface area is 144 Å². The first-order valence-electron chi connectivity index (χ1n) is 8.05. The van der Waals surface area contributed by atoms with E-state index < -0.39 is 11.0 Å². The van der Waals surface area contributed by atoms with Crippen LogP contribution in [-0.4, -0.2) is 28.1 Å². The summed E-state index contributed by atoms with van der Waals surface area (Å²) in [7, 11) is 0. The summed E-state index contributed by atoms with van der Waals surface area (Å²) in [4.78, 5) is 22.7. The number of nitrogens with zero attached hydrogens (tertiary/aromatic N) is 1. The van der Waals surface area contributed by atoms with Crippen LogP contribution in [0.4, 0.5) is 5.69 Å². The van der Waals surface area contributed by atoms with Gasteiger partial charge in [0.15, 0.2) is 0 Å². The third kappa shape index (κ3) is 3.95. The van der Waals surface area contributed by atoms with Crippen LogP contribution in [0.1, 0.15) is 29.6 Å². The molecule has 7 nitrogen and oxygen atoms in total. The Balaban J connectivity index is 1.76. The van der Waals surface area contributed by atoms with E-state index >= 15 is 0 Å². The van der Waals surface area contributed by atoms with Crippen molar-refractivity contribution in [3.8, 4) is 11.5 Å². The lowest BCUT2D eigenvalue weighted by Crippen LogP contribution is -2.39. The molecule has 2 aromatic carbocycles. The summed E-state index contributed by atoms with van der Waals surface area (Å²) < 4.78 is 5.71. The number of nitrogens with one attached hydrogen (secondary N) is 1. The smallest absolute Gasteiger partial charge is 0.269 e. The van der Waals surface area contributed by atoms with E-state index in [1.54, 1.807) is 24.3 Å². The largest absolute Gasteiger partial charge is 0.457 e. The average Bonchev–Trinajstić information content (AvgIpc) is 3.00. The van der Waals surface area contributed by atoms with E-state index in [4.69, 9.17) is 4.74 Å². The van der Waals surface area contributed by atoms with Crippen molar-refractivity contribution in [1.82, 2.24) is 5.32 Å². The van der Waals surface area contributed by atoms with Crippen LogP contribution >= 0.6 is 0 Å². The monoisotopic (exact) mass is 342 g/mol. The molecule has 7 heteroatoms. The van der Waals surface area contributed by atoms with Crippen LogP contribution in [0.2, 0.25) is 0 Å². The number of benzene rings is 2. The van der Waals surface area contributed by atoms with E-state index in [0.717, 1.165) is 12.8 Å². The number of non-ortho nitro benzene ring substituents is 1. The molecule has 2 N–H and O–H groups in total. The number of rotatable bonds is 5. The van der Waals surface area contributed by atoms with Crippen molar-refractivity contribution in [2.24, 2.45) is 0 Å². The second-order valence-corrected chi connectivity index (χ2v) is 5.93. The van der Waals surface area contributed by atoms with E-state index in [9.17, 15) is 20.0 Å². The summed E-state index contributed by atoms with van der Waals surface area (Å²) in [5, 5.41) is 23.4. The predicted molar refractivity (Wildman–Crippen MR) is 90.7 cm³/mol. The number of amides is 1. The molecule has 2 unspecified atom stereocenters.